The van der Waals surface area contributed by atoms with Gasteiger partial charge in [-0.15, -0.1) is 0 Å². The number of anilines is 1. The maximum atomic E-state index is 12.2. The van der Waals surface area contributed by atoms with E-state index in [9.17, 15) is 13.6 Å². The summed E-state index contributed by atoms with van der Waals surface area (Å²) in [7, 11) is 1.53. The molecule has 0 radical (unpaired) electrons. The van der Waals surface area contributed by atoms with Crippen molar-refractivity contribution in [2.45, 2.75) is 13.5 Å². The van der Waals surface area contributed by atoms with Crippen LogP contribution in [0.5, 0.6) is 5.88 Å². The molecule has 1 rings (SSSR count). The van der Waals surface area contributed by atoms with Gasteiger partial charge in [0.2, 0.25) is 0 Å². The molecule has 18 heavy (non-hydrogen) atoms. The molecule has 0 amide bonds. The van der Waals surface area contributed by atoms with Crippen LogP contribution < -0.4 is 9.64 Å². The third kappa shape index (κ3) is 3.79. The molecule has 100 valence electrons. The number of carboxylic acid groups (broad SMARTS) is 1. The lowest BCUT2D eigenvalue weighted by atomic mass is 10.2. The molecular weight excluding hydrogens is 248 g/mol. The monoisotopic (exact) mass is 261 g/mol. The van der Waals surface area contributed by atoms with E-state index >= 15 is 0 Å². The average molecular weight is 261 g/mol. The molecule has 0 spiro atoms. The highest BCUT2D eigenvalue weighted by Gasteiger charge is 2.19. The summed E-state index contributed by atoms with van der Waals surface area (Å²) in [5, 5.41) is 8.78. The Morgan fingerprint density at radius 1 is 1.50 bits per heavy atom. The molecule has 1 N–H and O–H groups in total. The molecule has 1 aromatic rings. The largest absolute Gasteiger partial charge is 0.481 e. The van der Waals surface area contributed by atoms with E-state index in [0.29, 0.717) is 0 Å². The Morgan fingerprint density at radius 2 is 2.11 bits per heavy atom. The van der Waals surface area contributed by atoms with Gasteiger partial charge in [-0.1, -0.05) is 6.92 Å². The second kappa shape index (κ2) is 6.08. The van der Waals surface area contributed by atoms with Crippen molar-refractivity contribution in [1.82, 2.24) is 9.97 Å². The van der Waals surface area contributed by atoms with Gasteiger partial charge in [-0.2, -0.15) is 8.78 Å². The predicted octanol–water partition coefficient (Wildman–Crippen LogP) is 1.23. The van der Waals surface area contributed by atoms with Gasteiger partial charge >= 0.3 is 12.6 Å². The van der Waals surface area contributed by atoms with Gasteiger partial charge in [-0.05, 0) is 0 Å². The first kappa shape index (κ1) is 14.1. The van der Waals surface area contributed by atoms with Gasteiger partial charge < -0.3 is 14.7 Å². The molecule has 0 bridgehead atoms. The highest BCUT2D eigenvalue weighted by Crippen LogP contribution is 2.23. The van der Waals surface area contributed by atoms with Gasteiger partial charge in [0.15, 0.2) is 5.82 Å². The fourth-order valence-corrected chi connectivity index (χ4v) is 1.32. The summed E-state index contributed by atoms with van der Waals surface area (Å²) < 4.78 is 28.5. The maximum absolute atomic E-state index is 12.2. The topological polar surface area (TPSA) is 75.5 Å². The van der Waals surface area contributed by atoms with Crippen molar-refractivity contribution < 1.29 is 23.4 Å². The summed E-state index contributed by atoms with van der Waals surface area (Å²) in [5.41, 5.74) is 0. The van der Waals surface area contributed by atoms with Crippen LogP contribution >= 0.6 is 0 Å². The molecule has 6 nitrogen and oxygen atoms in total. The van der Waals surface area contributed by atoms with Crippen molar-refractivity contribution in [3.63, 3.8) is 0 Å². The third-order valence-corrected chi connectivity index (χ3v) is 2.18. The van der Waals surface area contributed by atoms with E-state index in [4.69, 9.17) is 5.11 Å². The van der Waals surface area contributed by atoms with Crippen LogP contribution in [0.2, 0.25) is 0 Å². The maximum Gasteiger partial charge on any atom is 0.388 e. The molecule has 1 atom stereocenters. The summed E-state index contributed by atoms with van der Waals surface area (Å²) in [5.74, 6) is -1.91. The fraction of sp³-hybridized carbons (Fsp3) is 0.500. The molecule has 1 unspecified atom stereocenters. The summed E-state index contributed by atoms with van der Waals surface area (Å²) in [6, 6.07) is 0. The Morgan fingerprint density at radius 3 is 2.67 bits per heavy atom. The molecule has 0 aliphatic heterocycles. The first-order valence-electron chi connectivity index (χ1n) is 5.11. The molecule has 1 heterocycles. The quantitative estimate of drug-likeness (QED) is 0.830. The van der Waals surface area contributed by atoms with Crippen LogP contribution in [0.25, 0.3) is 0 Å². The minimum absolute atomic E-state index is 0.0749. The number of hydrogen-bond acceptors (Lipinski definition) is 5. The lowest BCUT2D eigenvalue weighted by molar-refractivity contribution is -0.140. The van der Waals surface area contributed by atoms with Crippen LogP contribution in [-0.4, -0.2) is 41.2 Å². The van der Waals surface area contributed by atoms with Crippen molar-refractivity contribution in [2.24, 2.45) is 5.92 Å². The van der Waals surface area contributed by atoms with Crippen molar-refractivity contribution in [2.75, 3.05) is 18.5 Å². The summed E-state index contributed by atoms with van der Waals surface area (Å²) in [6.07, 6.45) is 2.53. The smallest absolute Gasteiger partial charge is 0.388 e. The van der Waals surface area contributed by atoms with Crippen LogP contribution in [0.15, 0.2) is 12.4 Å². The number of hydrogen-bond donors (Lipinski definition) is 1. The lowest BCUT2D eigenvalue weighted by Gasteiger charge is -2.21. The Bertz CT molecular complexity index is 417. The van der Waals surface area contributed by atoms with Gasteiger partial charge in [-0.3, -0.25) is 4.79 Å². The van der Waals surface area contributed by atoms with E-state index in [1.807, 2.05) is 0 Å². The molecule has 0 fully saturated rings. The van der Waals surface area contributed by atoms with Gasteiger partial charge in [0.1, 0.15) is 0 Å². The van der Waals surface area contributed by atoms with E-state index in [1.165, 1.54) is 31.3 Å². The highest BCUT2D eigenvalue weighted by molar-refractivity contribution is 5.70. The summed E-state index contributed by atoms with van der Waals surface area (Å²) >= 11 is 0. The van der Waals surface area contributed by atoms with Crippen molar-refractivity contribution in [1.29, 1.82) is 0 Å². The molecule has 0 saturated heterocycles. The normalized spacial score (nSPS) is 12.3. The molecule has 0 aliphatic carbocycles. The van der Waals surface area contributed by atoms with Gasteiger partial charge in [-0.25, -0.2) is 9.97 Å². The summed E-state index contributed by atoms with van der Waals surface area (Å²) in [6.45, 7) is -1.40. The first-order valence-corrected chi connectivity index (χ1v) is 5.11. The van der Waals surface area contributed by atoms with Gasteiger partial charge in [0.25, 0.3) is 5.88 Å². The molecule has 0 aliphatic rings. The minimum atomic E-state index is -3.01. The van der Waals surface area contributed by atoms with Gasteiger partial charge in [0.05, 0.1) is 5.92 Å². The van der Waals surface area contributed by atoms with E-state index in [0.717, 1.165) is 0 Å². The molecule has 0 saturated carbocycles. The zero-order chi connectivity index (χ0) is 13.7. The molecular formula is C10H13F2N3O3. The number of alkyl halides is 2. The third-order valence-electron chi connectivity index (χ3n) is 2.18. The molecule has 0 aromatic carbocycles. The van der Waals surface area contributed by atoms with E-state index in [1.54, 1.807) is 0 Å². The van der Waals surface area contributed by atoms with E-state index < -0.39 is 18.5 Å². The average Bonchev–Trinajstić information content (AvgIpc) is 2.28. The van der Waals surface area contributed by atoms with Crippen LogP contribution in [0.3, 0.4) is 0 Å². The zero-order valence-electron chi connectivity index (χ0n) is 9.88. The molecule has 8 heteroatoms. The second-order valence-corrected chi connectivity index (χ2v) is 3.68. The Labute approximate surface area is 102 Å². The standard InChI is InChI=1S/C10H13F2N3O3/c1-6(9(16)17)5-15(2)7-8(18-10(11)12)14-4-3-13-7/h3-4,6,10H,5H2,1-2H3,(H,16,17). The van der Waals surface area contributed by atoms with Crippen LogP contribution in [0.4, 0.5) is 14.6 Å². The van der Waals surface area contributed by atoms with E-state index in [-0.39, 0.29) is 18.2 Å². The van der Waals surface area contributed by atoms with Crippen LogP contribution in [0.1, 0.15) is 6.92 Å². The van der Waals surface area contributed by atoms with Gasteiger partial charge in [0, 0.05) is 26.0 Å². The Balaban J connectivity index is 2.84. The predicted molar refractivity (Wildman–Crippen MR) is 58.7 cm³/mol. The first-order chi connectivity index (χ1) is 8.41. The Kier molecular flexibility index (Phi) is 4.75. The van der Waals surface area contributed by atoms with Crippen molar-refractivity contribution >= 4 is 11.8 Å². The second-order valence-electron chi connectivity index (χ2n) is 3.68. The van der Waals surface area contributed by atoms with Crippen LogP contribution in [-0.2, 0) is 4.79 Å². The number of rotatable bonds is 6. The fourth-order valence-electron chi connectivity index (χ4n) is 1.32. The van der Waals surface area contributed by atoms with Crippen LogP contribution in [0, 0.1) is 5.92 Å². The highest BCUT2D eigenvalue weighted by atomic mass is 19.3. The van der Waals surface area contributed by atoms with Crippen molar-refractivity contribution in [3.8, 4) is 5.88 Å². The van der Waals surface area contributed by atoms with E-state index in [2.05, 4.69) is 14.7 Å². The molecule has 1 aromatic heterocycles. The minimum Gasteiger partial charge on any atom is -0.481 e. The number of halogens is 2. The lowest BCUT2D eigenvalue weighted by Crippen LogP contribution is -2.29. The number of aromatic nitrogens is 2. The SMILES string of the molecule is CC(CN(C)c1nccnc1OC(F)F)C(=O)O. The summed E-state index contributed by atoms with van der Waals surface area (Å²) in [4.78, 5) is 19.6. The zero-order valence-corrected chi connectivity index (χ0v) is 9.88. The Hall–Kier alpha value is -1.99. The number of carboxylic acids is 1. The number of carbonyl (C=O) groups is 1. The number of ether oxygens (including phenoxy) is 1. The number of aliphatic carboxylic acids is 1. The number of nitrogens with zero attached hydrogens (tertiary/aromatic N) is 3. The van der Waals surface area contributed by atoms with Crippen molar-refractivity contribution in [3.05, 3.63) is 12.4 Å².